The van der Waals surface area contributed by atoms with Gasteiger partial charge in [-0.3, -0.25) is 9.59 Å². The van der Waals surface area contributed by atoms with Gasteiger partial charge in [0.2, 0.25) is 11.8 Å². The Labute approximate surface area is 127 Å². The van der Waals surface area contributed by atoms with Crippen molar-refractivity contribution in [2.75, 3.05) is 17.3 Å². The number of para-hydroxylation sites is 1. The molecule has 2 aromatic carbocycles. The van der Waals surface area contributed by atoms with Crippen molar-refractivity contribution < 1.29 is 14.0 Å². The molecule has 2 amide bonds. The molecule has 0 aliphatic carbocycles. The van der Waals surface area contributed by atoms with Crippen LogP contribution in [0.1, 0.15) is 11.1 Å². The molecule has 1 aliphatic rings. The first-order chi connectivity index (χ1) is 10.5. The van der Waals surface area contributed by atoms with E-state index < -0.39 is 5.82 Å². The molecule has 5 heteroatoms. The summed E-state index contributed by atoms with van der Waals surface area (Å²) < 4.78 is 13.5. The Bertz CT molecular complexity index is 758. The van der Waals surface area contributed by atoms with Gasteiger partial charge in [0.1, 0.15) is 5.82 Å². The van der Waals surface area contributed by atoms with Gasteiger partial charge in [-0.05, 0) is 29.3 Å². The second-order valence-corrected chi connectivity index (χ2v) is 5.30. The van der Waals surface area contributed by atoms with E-state index in [4.69, 9.17) is 0 Å². The number of rotatable bonds is 3. The summed E-state index contributed by atoms with van der Waals surface area (Å²) in [5.74, 6) is -0.706. The predicted molar refractivity (Wildman–Crippen MR) is 82.3 cm³/mol. The molecule has 1 aliphatic heterocycles. The topological polar surface area (TPSA) is 49.4 Å². The van der Waals surface area contributed by atoms with Crippen molar-refractivity contribution in [2.24, 2.45) is 0 Å². The molecule has 4 nitrogen and oxygen atoms in total. The molecule has 0 aromatic heterocycles. The van der Waals surface area contributed by atoms with E-state index in [1.807, 2.05) is 18.2 Å². The molecule has 2 aromatic rings. The summed E-state index contributed by atoms with van der Waals surface area (Å²) in [5.41, 5.74) is 2.77. The van der Waals surface area contributed by atoms with Crippen LogP contribution in [0.15, 0.2) is 42.5 Å². The molecule has 0 fully saturated rings. The predicted octanol–water partition coefficient (Wildman–Crippen LogP) is 2.53. The Hall–Kier alpha value is -2.69. The van der Waals surface area contributed by atoms with E-state index in [2.05, 4.69) is 5.32 Å². The van der Waals surface area contributed by atoms with Gasteiger partial charge in [-0.15, -0.1) is 0 Å². The lowest BCUT2D eigenvalue weighted by Gasteiger charge is -2.11. The SMILES string of the molecule is CN1C(=O)Cc2cc(CC(=O)Nc3ccccc3F)ccc21. The van der Waals surface area contributed by atoms with Crippen LogP contribution in [0.3, 0.4) is 0 Å². The van der Waals surface area contributed by atoms with E-state index in [0.29, 0.717) is 6.42 Å². The zero-order valence-corrected chi connectivity index (χ0v) is 12.1. The molecule has 0 bridgehead atoms. The molecule has 0 saturated carbocycles. The molecule has 0 unspecified atom stereocenters. The molecule has 0 radical (unpaired) electrons. The quantitative estimate of drug-likeness (QED) is 0.946. The molecule has 0 spiro atoms. The largest absolute Gasteiger partial charge is 0.323 e. The summed E-state index contributed by atoms with van der Waals surface area (Å²) in [5, 5.41) is 2.55. The molecule has 22 heavy (non-hydrogen) atoms. The van der Waals surface area contributed by atoms with E-state index in [1.54, 1.807) is 24.1 Å². The lowest BCUT2D eigenvalue weighted by Crippen LogP contribution is -2.20. The molecular formula is C17H15FN2O2. The highest BCUT2D eigenvalue weighted by Gasteiger charge is 2.24. The zero-order chi connectivity index (χ0) is 15.7. The molecule has 0 saturated heterocycles. The number of fused-ring (bicyclic) bond motifs is 1. The van der Waals surface area contributed by atoms with E-state index in [1.165, 1.54) is 12.1 Å². The monoisotopic (exact) mass is 298 g/mol. The number of anilines is 2. The van der Waals surface area contributed by atoms with Crippen LogP contribution in [0.25, 0.3) is 0 Å². The average molecular weight is 298 g/mol. The van der Waals surface area contributed by atoms with Crippen molar-refractivity contribution in [1.82, 2.24) is 0 Å². The van der Waals surface area contributed by atoms with Gasteiger partial charge in [0.25, 0.3) is 0 Å². The lowest BCUT2D eigenvalue weighted by molar-refractivity contribution is -0.117. The fourth-order valence-corrected chi connectivity index (χ4v) is 2.58. The highest BCUT2D eigenvalue weighted by molar-refractivity contribution is 6.01. The van der Waals surface area contributed by atoms with Crippen LogP contribution in [0, 0.1) is 5.82 Å². The van der Waals surface area contributed by atoms with Crippen LogP contribution in [0.4, 0.5) is 15.8 Å². The summed E-state index contributed by atoms with van der Waals surface area (Å²) in [6.07, 6.45) is 0.494. The fraction of sp³-hybridized carbons (Fsp3) is 0.176. The van der Waals surface area contributed by atoms with E-state index >= 15 is 0 Å². The van der Waals surface area contributed by atoms with Crippen molar-refractivity contribution in [3.05, 3.63) is 59.4 Å². The van der Waals surface area contributed by atoms with Crippen LogP contribution >= 0.6 is 0 Å². The Morgan fingerprint density at radius 3 is 2.82 bits per heavy atom. The maximum atomic E-state index is 13.5. The highest BCUT2D eigenvalue weighted by Crippen LogP contribution is 2.28. The number of benzene rings is 2. The van der Waals surface area contributed by atoms with Crippen molar-refractivity contribution in [2.45, 2.75) is 12.8 Å². The van der Waals surface area contributed by atoms with Crippen molar-refractivity contribution in [3.63, 3.8) is 0 Å². The minimum Gasteiger partial charge on any atom is -0.323 e. The maximum Gasteiger partial charge on any atom is 0.231 e. The van der Waals surface area contributed by atoms with Gasteiger partial charge in [-0.2, -0.15) is 0 Å². The third-order valence-electron chi connectivity index (χ3n) is 3.73. The van der Waals surface area contributed by atoms with Gasteiger partial charge in [0.15, 0.2) is 0 Å². The first-order valence-corrected chi connectivity index (χ1v) is 6.97. The van der Waals surface area contributed by atoms with Crippen molar-refractivity contribution in [1.29, 1.82) is 0 Å². The van der Waals surface area contributed by atoms with Crippen LogP contribution in [-0.2, 0) is 22.4 Å². The second kappa shape index (κ2) is 5.60. The van der Waals surface area contributed by atoms with E-state index in [0.717, 1.165) is 16.8 Å². The molecule has 1 N–H and O–H groups in total. The summed E-state index contributed by atoms with van der Waals surface area (Å²) in [6, 6.07) is 11.6. The van der Waals surface area contributed by atoms with Gasteiger partial charge in [-0.1, -0.05) is 24.3 Å². The summed E-state index contributed by atoms with van der Waals surface area (Å²) >= 11 is 0. The molecule has 1 heterocycles. The smallest absolute Gasteiger partial charge is 0.231 e. The molecule has 0 atom stereocenters. The van der Waals surface area contributed by atoms with Crippen LogP contribution in [0.2, 0.25) is 0 Å². The molecule has 3 rings (SSSR count). The Kier molecular flexibility index (Phi) is 3.63. The number of hydrogen-bond donors (Lipinski definition) is 1. The normalized spacial score (nSPS) is 13.2. The number of carbonyl (C=O) groups excluding carboxylic acids is 2. The summed E-state index contributed by atoms with van der Waals surface area (Å²) in [7, 11) is 1.73. The minimum atomic E-state index is -0.461. The first kappa shape index (κ1) is 14.3. The third kappa shape index (κ3) is 2.70. The van der Waals surface area contributed by atoms with Gasteiger partial charge in [-0.25, -0.2) is 4.39 Å². The van der Waals surface area contributed by atoms with Gasteiger partial charge in [0.05, 0.1) is 18.5 Å². The average Bonchev–Trinajstić information content (AvgIpc) is 2.76. The van der Waals surface area contributed by atoms with Crippen LogP contribution in [-0.4, -0.2) is 18.9 Å². The third-order valence-corrected chi connectivity index (χ3v) is 3.73. The molecule has 112 valence electrons. The number of nitrogens with one attached hydrogen (secondary N) is 1. The number of hydrogen-bond acceptors (Lipinski definition) is 2. The zero-order valence-electron chi connectivity index (χ0n) is 12.1. The minimum absolute atomic E-state index is 0.0444. The number of likely N-dealkylation sites (N-methyl/N-ethyl adjacent to an activating group) is 1. The van der Waals surface area contributed by atoms with Crippen LogP contribution < -0.4 is 10.2 Å². The van der Waals surface area contributed by atoms with Gasteiger partial charge in [0, 0.05) is 12.7 Å². The number of amides is 2. The summed E-state index contributed by atoms with van der Waals surface area (Å²) in [6.45, 7) is 0. The molecular weight excluding hydrogens is 283 g/mol. The maximum absolute atomic E-state index is 13.5. The van der Waals surface area contributed by atoms with Gasteiger partial charge >= 0.3 is 0 Å². The number of carbonyl (C=O) groups is 2. The fourth-order valence-electron chi connectivity index (χ4n) is 2.58. The number of halogens is 1. The van der Waals surface area contributed by atoms with Crippen molar-refractivity contribution >= 4 is 23.2 Å². The van der Waals surface area contributed by atoms with Gasteiger partial charge < -0.3 is 10.2 Å². The Balaban J connectivity index is 1.72. The van der Waals surface area contributed by atoms with Crippen LogP contribution in [0.5, 0.6) is 0 Å². The first-order valence-electron chi connectivity index (χ1n) is 6.97. The Morgan fingerprint density at radius 2 is 2.05 bits per heavy atom. The number of nitrogens with zero attached hydrogens (tertiary/aromatic N) is 1. The summed E-state index contributed by atoms with van der Waals surface area (Å²) in [4.78, 5) is 25.3. The van der Waals surface area contributed by atoms with E-state index in [-0.39, 0.29) is 23.9 Å². The standard InChI is InChI=1S/C17H15FN2O2/c1-20-15-7-6-11(8-12(15)10-17(20)22)9-16(21)19-14-5-3-2-4-13(14)18/h2-8H,9-10H2,1H3,(H,19,21). The lowest BCUT2D eigenvalue weighted by atomic mass is 10.1. The van der Waals surface area contributed by atoms with E-state index in [9.17, 15) is 14.0 Å². The second-order valence-electron chi connectivity index (χ2n) is 5.30. The Morgan fingerprint density at radius 1 is 1.27 bits per heavy atom. The van der Waals surface area contributed by atoms with Crippen molar-refractivity contribution in [3.8, 4) is 0 Å². The highest BCUT2D eigenvalue weighted by atomic mass is 19.1.